The second-order valence-electron chi connectivity index (χ2n) is 11.0. The Morgan fingerprint density at radius 2 is 1.56 bits per heavy atom. The normalized spacial score (nSPS) is 16.4. The number of rotatable bonds is 6. The molecule has 0 spiro atoms. The fourth-order valence-corrected chi connectivity index (χ4v) is 5.76. The van der Waals surface area contributed by atoms with E-state index in [1.807, 2.05) is 84.6 Å². The van der Waals surface area contributed by atoms with Crippen LogP contribution in [0.3, 0.4) is 0 Å². The molecule has 5 nitrogen and oxygen atoms in total. The molecule has 41 heavy (non-hydrogen) atoms. The molecular formula is C36H34N2O3. The summed E-state index contributed by atoms with van der Waals surface area (Å²) in [7, 11) is 0. The average Bonchev–Trinajstić information content (AvgIpc) is 3.00. The maximum atomic E-state index is 13.6. The van der Waals surface area contributed by atoms with Gasteiger partial charge in [0.1, 0.15) is 0 Å². The van der Waals surface area contributed by atoms with Gasteiger partial charge in [0, 0.05) is 18.7 Å². The number of ether oxygens (including phenoxy) is 1. The molecule has 5 heteroatoms. The number of anilines is 1. The molecule has 206 valence electrons. The van der Waals surface area contributed by atoms with E-state index in [4.69, 9.17) is 4.74 Å². The summed E-state index contributed by atoms with van der Waals surface area (Å²) >= 11 is 0. The number of fused-ring (bicyclic) bond motifs is 1. The Morgan fingerprint density at radius 3 is 2.32 bits per heavy atom. The van der Waals surface area contributed by atoms with Crippen LogP contribution in [-0.4, -0.2) is 29.8 Å². The van der Waals surface area contributed by atoms with Gasteiger partial charge in [0.2, 0.25) is 0 Å². The molecule has 0 aromatic heterocycles. The van der Waals surface area contributed by atoms with Gasteiger partial charge in [-0.05, 0) is 79.1 Å². The quantitative estimate of drug-likeness (QED) is 0.245. The van der Waals surface area contributed by atoms with E-state index in [0.29, 0.717) is 23.8 Å². The number of benzene rings is 4. The van der Waals surface area contributed by atoms with Crippen LogP contribution in [0.5, 0.6) is 5.75 Å². The number of aryl methyl sites for hydroxylation is 1. The number of hydrogen-bond donors (Lipinski definition) is 0. The van der Waals surface area contributed by atoms with Crippen LogP contribution < -0.4 is 9.64 Å². The highest BCUT2D eigenvalue weighted by Gasteiger charge is 2.30. The van der Waals surface area contributed by atoms with Gasteiger partial charge in [-0.25, -0.2) is 0 Å². The molecule has 0 saturated carbocycles. The van der Waals surface area contributed by atoms with Gasteiger partial charge in [-0.3, -0.25) is 14.5 Å². The summed E-state index contributed by atoms with van der Waals surface area (Å²) in [6.07, 6.45) is 4.86. The second-order valence-corrected chi connectivity index (χ2v) is 11.0. The predicted molar refractivity (Wildman–Crippen MR) is 163 cm³/mol. The molecular weight excluding hydrogens is 508 g/mol. The third kappa shape index (κ3) is 6.09. The van der Waals surface area contributed by atoms with Crippen molar-refractivity contribution in [1.29, 1.82) is 0 Å². The van der Waals surface area contributed by atoms with Crippen LogP contribution in [0.2, 0.25) is 0 Å². The third-order valence-corrected chi connectivity index (χ3v) is 7.98. The maximum Gasteiger partial charge on any atom is 0.294 e. The van der Waals surface area contributed by atoms with Crippen molar-refractivity contribution < 1.29 is 14.3 Å². The van der Waals surface area contributed by atoms with Crippen LogP contribution in [-0.2, 0) is 17.8 Å². The Hall–Kier alpha value is -4.64. The number of nitrogens with zero attached hydrogens (tertiary/aromatic N) is 2. The number of para-hydroxylation sites is 2. The molecule has 2 heterocycles. The molecule has 4 aromatic rings. The van der Waals surface area contributed by atoms with E-state index in [1.165, 1.54) is 5.56 Å². The van der Waals surface area contributed by atoms with Gasteiger partial charge < -0.3 is 9.64 Å². The van der Waals surface area contributed by atoms with Gasteiger partial charge in [-0.15, -0.1) is 0 Å². The van der Waals surface area contributed by atoms with E-state index in [9.17, 15) is 9.59 Å². The fraction of sp³-hybridized carbons (Fsp3) is 0.222. The lowest BCUT2D eigenvalue weighted by Crippen LogP contribution is -2.38. The molecule has 2 aliphatic heterocycles. The molecule has 0 radical (unpaired) electrons. The van der Waals surface area contributed by atoms with Crippen molar-refractivity contribution in [2.75, 3.05) is 18.0 Å². The first-order valence-corrected chi connectivity index (χ1v) is 14.3. The topological polar surface area (TPSA) is 49.9 Å². The summed E-state index contributed by atoms with van der Waals surface area (Å²) in [5, 5.41) is 0. The summed E-state index contributed by atoms with van der Waals surface area (Å²) < 4.78 is 6.06. The van der Waals surface area contributed by atoms with Crippen LogP contribution in [0.15, 0.2) is 109 Å². The number of likely N-dealkylation sites (tertiary alicyclic amines) is 1. The van der Waals surface area contributed by atoms with Crippen molar-refractivity contribution in [3.05, 3.63) is 137 Å². The summed E-state index contributed by atoms with van der Waals surface area (Å²) in [6, 6.07) is 33.8. The monoisotopic (exact) mass is 542 g/mol. The Balaban J connectivity index is 1.13. The van der Waals surface area contributed by atoms with Gasteiger partial charge in [0.15, 0.2) is 11.5 Å². The Labute approximate surface area is 241 Å². The van der Waals surface area contributed by atoms with Gasteiger partial charge in [-0.2, -0.15) is 0 Å². The summed E-state index contributed by atoms with van der Waals surface area (Å²) in [4.78, 5) is 30.5. The zero-order chi connectivity index (χ0) is 28.2. The van der Waals surface area contributed by atoms with Crippen LogP contribution in [0.1, 0.15) is 45.5 Å². The van der Waals surface area contributed by atoms with Crippen LogP contribution in [0.4, 0.5) is 5.69 Å². The number of amides is 2. The lowest BCUT2D eigenvalue weighted by atomic mass is 9.90. The number of hydrogen-bond acceptors (Lipinski definition) is 3. The largest absolute Gasteiger partial charge is 0.449 e. The highest BCUT2D eigenvalue weighted by Crippen LogP contribution is 2.36. The highest BCUT2D eigenvalue weighted by atomic mass is 16.5. The van der Waals surface area contributed by atoms with Crippen molar-refractivity contribution >= 4 is 23.6 Å². The van der Waals surface area contributed by atoms with E-state index in [1.54, 1.807) is 11.0 Å². The van der Waals surface area contributed by atoms with Gasteiger partial charge in [-0.1, -0.05) is 84.4 Å². The first-order chi connectivity index (χ1) is 20.0. The van der Waals surface area contributed by atoms with Crippen molar-refractivity contribution in [3.8, 4) is 5.75 Å². The third-order valence-electron chi connectivity index (χ3n) is 7.98. The van der Waals surface area contributed by atoms with Crippen LogP contribution >= 0.6 is 0 Å². The Bertz CT molecular complexity index is 1570. The molecule has 0 unspecified atom stereocenters. The van der Waals surface area contributed by atoms with E-state index in [0.717, 1.165) is 54.7 Å². The maximum absolute atomic E-state index is 13.6. The highest BCUT2D eigenvalue weighted by molar-refractivity contribution is 6.09. The van der Waals surface area contributed by atoms with Crippen molar-refractivity contribution in [2.45, 2.75) is 32.7 Å². The molecule has 1 fully saturated rings. The molecule has 0 N–H and O–H groups in total. The minimum absolute atomic E-state index is 0.0608. The molecule has 2 aliphatic rings. The van der Waals surface area contributed by atoms with Gasteiger partial charge >= 0.3 is 0 Å². The Kier molecular flexibility index (Phi) is 7.68. The predicted octanol–water partition coefficient (Wildman–Crippen LogP) is 7.06. The zero-order valence-corrected chi connectivity index (χ0v) is 23.3. The number of piperidine rings is 1. The van der Waals surface area contributed by atoms with Crippen molar-refractivity contribution in [3.63, 3.8) is 0 Å². The van der Waals surface area contributed by atoms with E-state index < -0.39 is 0 Å². The lowest BCUT2D eigenvalue weighted by molar-refractivity contribution is -0.117. The first kappa shape index (κ1) is 26.6. The van der Waals surface area contributed by atoms with Crippen LogP contribution in [0, 0.1) is 12.8 Å². The lowest BCUT2D eigenvalue weighted by Gasteiger charge is -2.32. The molecule has 2 amide bonds. The van der Waals surface area contributed by atoms with E-state index in [2.05, 4.69) is 30.3 Å². The van der Waals surface area contributed by atoms with E-state index in [-0.39, 0.29) is 17.6 Å². The molecule has 1 saturated heterocycles. The molecule has 0 atom stereocenters. The summed E-state index contributed by atoms with van der Waals surface area (Å²) in [6.45, 7) is 4.06. The zero-order valence-electron chi connectivity index (χ0n) is 23.3. The SMILES string of the molecule is Cc1cccc(CN2C(=O)C(=Cc3ccc(C(=O)N4CCC(Cc5ccccc5)CC4)cc3)Oc3ccccc32)c1. The van der Waals surface area contributed by atoms with Crippen LogP contribution in [0.25, 0.3) is 6.08 Å². The molecule has 6 rings (SSSR count). The number of carbonyl (C=O) groups excluding carboxylic acids is 2. The smallest absolute Gasteiger partial charge is 0.294 e. The summed E-state index contributed by atoms with van der Waals surface area (Å²) in [5.41, 5.74) is 5.80. The average molecular weight is 543 g/mol. The first-order valence-electron chi connectivity index (χ1n) is 14.3. The fourth-order valence-electron chi connectivity index (χ4n) is 5.76. The van der Waals surface area contributed by atoms with Gasteiger partial charge in [0.25, 0.3) is 11.8 Å². The number of carbonyl (C=O) groups is 2. The minimum atomic E-state index is -0.191. The minimum Gasteiger partial charge on any atom is -0.449 e. The molecule has 0 aliphatic carbocycles. The second kappa shape index (κ2) is 11.8. The van der Waals surface area contributed by atoms with E-state index >= 15 is 0 Å². The standard InChI is InChI=1S/C36H34N2O3/c1-26-8-7-11-30(22-26)25-38-32-12-5-6-13-33(32)41-34(36(38)40)24-28-14-16-31(17-15-28)35(39)37-20-18-29(19-21-37)23-27-9-3-2-4-10-27/h2-17,22,24,29H,18-21,23,25H2,1H3. The summed E-state index contributed by atoms with van der Waals surface area (Å²) in [5.74, 6) is 1.39. The van der Waals surface area contributed by atoms with Gasteiger partial charge in [0.05, 0.1) is 12.2 Å². The van der Waals surface area contributed by atoms with Crippen molar-refractivity contribution in [2.24, 2.45) is 5.92 Å². The molecule has 4 aromatic carbocycles. The van der Waals surface area contributed by atoms with Crippen molar-refractivity contribution in [1.82, 2.24) is 4.90 Å². The Morgan fingerprint density at radius 1 is 0.854 bits per heavy atom. The molecule has 0 bridgehead atoms.